The van der Waals surface area contributed by atoms with Crippen LogP contribution in [0, 0.1) is 0 Å². The minimum atomic E-state index is -0.247. The minimum absolute atomic E-state index is 0.216. The maximum absolute atomic E-state index is 11.9. The normalized spacial score (nSPS) is 20.8. The third-order valence-electron chi connectivity index (χ3n) is 2.56. The Hall–Kier alpha value is -0.880. The van der Waals surface area contributed by atoms with Crippen LogP contribution in [0.3, 0.4) is 0 Å². The van der Waals surface area contributed by atoms with Crippen LogP contribution >= 0.6 is 15.9 Å². The number of hydrogen-bond acceptors (Lipinski definition) is 4. The summed E-state index contributed by atoms with van der Waals surface area (Å²) in [6.07, 6.45) is 4.20. The highest BCUT2D eigenvalue weighted by Crippen LogP contribution is 2.23. The van der Waals surface area contributed by atoms with Crippen molar-refractivity contribution in [1.29, 1.82) is 0 Å². The summed E-state index contributed by atoms with van der Waals surface area (Å²) in [5.74, 6) is 0.442. The zero-order valence-corrected chi connectivity index (χ0v) is 10.6. The van der Waals surface area contributed by atoms with E-state index in [1.807, 2.05) is 0 Å². The lowest BCUT2D eigenvalue weighted by Gasteiger charge is -2.23. The van der Waals surface area contributed by atoms with Crippen LogP contribution in [0.1, 0.15) is 25.5 Å². The van der Waals surface area contributed by atoms with Gasteiger partial charge in [0.2, 0.25) is 0 Å². The molecule has 1 aromatic heterocycles. The lowest BCUT2D eigenvalue weighted by atomic mass is 10.2. The van der Waals surface area contributed by atoms with Gasteiger partial charge in [-0.2, -0.15) is 9.78 Å². The standard InChI is InChI=1S/C10H13BrN2O3/c1-15-7-6-12-13(10(14)9(7)11)8-4-2-3-5-16-8/h6,8H,2-5H2,1H3. The Kier molecular flexibility index (Phi) is 3.60. The van der Waals surface area contributed by atoms with E-state index in [1.165, 1.54) is 18.0 Å². The molecule has 1 fully saturated rings. The Labute approximate surface area is 101 Å². The van der Waals surface area contributed by atoms with Gasteiger partial charge in [0.05, 0.1) is 13.3 Å². The second-order valence-corrected chi connectivity index (χ2v) is 4.39. The van der Waals surface area contributed by atoms with E-state index in [1.54, 1.807) is 0 Å². The monoisotopic (exact) mass is 288 g/mol. The molecule has 2 rings (SSSR count). The molecule has 88 valence electrons. The first-order valence-electron chi connectivity index (χ1n) is 5.17. The molecule has 5 nitrogen and oxygen atoms in total. The lowest BCUT2D eigenvalue weighted by molar-refractivity contribution is -0.0427. The third kappa shape index (κ3) is 2.12. The largest absolute Gasteiger partial charge is 0.494 e. The fraction of sp³-hybridized carbons (Fsp3) is 0.600. The predicted molar refractivity (Wildman–Crippen MR) is 61.6 cm³/mol. The van der Waals surface area contributed by atoms with Gasteiger partial charge in [-0.1, -0.05) is 0 Å². The zero-order valence-electron chi connectivity index (χ0n) is 8.98. The van der Waals surface area contributed by atoms with Gasteiger partial charge in [0.25, 0.3) is 5.56 Å². The molecule has 0 N–H and O–H groups in total. The maximum Gasteiger partial charge on any atom is 0.287 e. The van der Waals surface area contributed by atoms with Crippen LogP contribution in [0.25, 0.3) is 0 Å². The second kappa shape index (κ2) is 4.97. The van der Waals surface area contributed by atoms with Crippen molar-refractivity contribution in [2.45, 2.75) is 25.5 Å². The summed E-state index contributed by atoms with van der Waals surface area (Å²) in [6.45, 7) is 0.683. The number of nitrogens with zero attached hydrogens (tertiary/aromatic N) is 2. The van der Waals surface area contributed by atoms with Crippen molar-refractivity contribution in [3.05, 3.63) is 21.0 Å². The van der Waals surface area contributed by atoms with E-state index in [-0.39, 0.29) is 11.8 Å². The van der Waals surface area contributed by atoms with Crippen molar-refractivity contribution in [3.63, 3.8) is 0 Å². The van der Waals surface area contributed by atoms with E-state index in [9.17, 15) is 4.79 Å². The first-order chi connectivity index (χ1) is 7.74. The summed E-state index contributed by atoms with van der Waals surface area (Å²) in [4.78, 5) is 11.9. The molecule has 1 aromatic rings. The molecule has 1 atom stereocenters. The van der Waals surface area contributed by atoms with Crippen LogP contribution in [-0.4, -0.2) is 23.5 Å². The van der Waals surface area contributed by atoms with E-state index >= 15 is 0 Å². The molecule has 1 saturated heterocycles. The van der Waals surface area contributed by atoms with Crippen molar-refractivity contribution in [2.24, 2.45) is 0 Å². The number of aromatic nitrogens is 2. The van der Waals surface area contributed by atoms with Gasteiger partial charge >= 0.3 is 0 Å². The molecular formula is C10H13BrN2O3. The molecule has 2 heterocycles. The van der Waals surface area contributed by atoms with Crippen molar-refractivity contribution in [3.8, 4) is 5.75 Å². The second-order valence-electron chi connectivity index (χ2n) is 3.60. The van der Waals surface area contributed by atoms with E-state index in [0.717, 1.165) is 19.3 Å². The first kappa shape index (κ1) is 11.6. The lowest BCUT2D eigenvalue weighted by Crippen LogP contribution is -2.31. The number of rotatable bonds is 2. The van der Waals surface area contributed by atoms with Crippen molar-refractivity contribution >= 4 is 15.9 Å². The highest BCUT2D eigenvalue weighted by atomic mass is 79.9. The Morgan fingerprint density at radius 1 is 1.62 bits per heavy atom. The molecular weight excluding hydrogens is 276 g/mol. The maximum atomic E-state index is 11.9. The molecule has 0 radical (unpaired) electrons. The fourth-order valence-electron chi connectivity index (χ4n) is 1.69. The Morgan fingerprint density at radius 3 is 3.06 bits per heavy atom. The van der Waals surface area contributed by atoms with E-state index in [4.69, 9.17) is 9.47 Å². The van der Waals surface area contributed by atoms with E-state index in [0.29, 0.717) is 16.8 Å². The molecule has 0 aliphatic carbocycles. The van der Waals surface area contributed by atoms with E-state index < -0.39 is 0 Å². The Bertz CT molecular complexity index is 427. The minimum Gasteiger partial charge on any atom is -0.494 e. The average molecular weight is 289 g/mol. The van der Waals surface area contributed by atoms with Crippen LogP contribution in [0.5, 0.6) is 5.75 Å². The van der Waals surface area contributed by atoms with E-state index in [2.05, 4.69) is 21.0 Å². The predicted octanol–water partition coefficient (Wildman–Crippen LogP) is 1.71. The molecule has 6 heteroatoms. The summed E-state index contributed by atoms with van der Waals surface area (Å²) >= 11 is 3.20. The van der Waals surface area contributed by atoms with Gasteiger partial charge in [-0.15, -0.1) is 0 Å². The summed E-state index contributed by atoms with van der Waals surface area (Å²) in [6, 6.07) is 0. The average Bonchev–Trinajstić information content (AvgIpc) is 2.34. The summed E-state index contributed by atoms with van der Waals surface area (Å²) < 4.78 is 12.3. The SMILES string of the molecule is COc1cnn(C2CCCCO2)c(=O)c1Br. The number of halogens is 1. The topological polar surface area (TPSA) is 53.4 Å². The first-order valence-corrected chi connectivity index (χ1v) is 5.96. The molecule has 1 aliphatic heterocycles. The molecule has 1 unspecified atom stereocenters. The van der Waals surface area contributed by atoms with Gasteiger partial charge in [-0.25, -0.2) is 0 Å². The molecule has 16 heavy (non-hydrogen) atoms. The highest BCUT2D eigenvalue weighted by Gasteiger charge is 2.20. The summed E-state index contributed by atoms with van der Waals surface area (Å²) in [5.41, 5.74) is -0.216. The quantitative estimate of drug-likeness (QED) is 0.831. The van der Waals surface area contributed by atoms with Crippen molar-refractivity contribution in [1.82, 2.24) is 9.78 Å². The van der Waals surface area contributed by atoms with Gasteiger partial charge in [-0.3, -0.25) is 4.79 Å². The molecule has 0 amide bonds. The number of ether oxygens (including phenoxy) is 2. The molecule has 0 spiro atoms. The molecule has 0 saturated carbocycles. The summed E-state index contributed by atoms with van der Waals surface area (Å²) in [5, 5.41) is 4.06. The summed E-state index contributed by atoms with van der Waals surface area (Å²) in [7, 11) is 1.50. The van der Waals surface area contributed by atoms with Crippen LogP contribution < -0.4 is 10.3 Å². The van der Waals surface area contributed by atoms with Crippen molar-refractivity contribution in [2.75, 3.05) is 13.7 Å². The molecule has 0 bridgehead atoms. The molecule has 0 aromatic carbocycles. The van der Waals surface area contributed by atoms with Crippen LogP contribution in [0.15, 0.2) is 15.5 Å². The molecule has 1 aliphatic rings. The number of hydrogen-bond donors (Lipinski definition) is 0. The van der Waals surface area contributed by atoms with Gasteiger partial charge in [0.1, 0.15) is 4.47 Å². The fourth-order valence-corrected chi connectivity index (χ4v) is 2.14. The zero-order chi connectivity index (χ0) is 11.5. The van der Waals surface area contributed by atoms with Crippen molar-refractivity contribution < 1.29 is 9.47 Å². The van der Waals surface area contributed by atoms with Crippen LogP contribution in [0.2, 0.25) is 0 Å². The number of methoxy groups -OCH3 is 1. The smallest absolute Gasteiger partial charge is 0.287 e. The Balaban J connectivity index is 2.34. The third-order valence-corrected chi connectivity index (χ3v) is 3.29. The van der Waals surface area contributed by atoms with Gasteiger partial charge in [0.15, 0.2) is 12.0 Å². The van der Waals surface area contributed by atoms with Gasteiger partial charge < -0.3 is 9.47 Å². The Morgan fingerprint density at radius 2 is 2.44 bits per heavy atom. The van der Waals surface area contributed by atoms with Crippen LogP contribution in [-0.2, 0) is 4.74 Å². The van der Waals surface area contributed by atoms with Gasteiger partial charge in [0, 0.05) is 6.61 Å². The van der Waals surface area contributed by atoms with Crippen LogP contribution in [0.4, 0.5) is 0 Å². The van der Waals surface area contributed by atoms with Gasteiger partial charge in [-0.05, 0) is 35.2 Å². The highest BCUT2D eigenvalue weighted by molar-refractivity contribution is 9.10.